The first kappa shape index (κ1) is 9.44. The molecule has 76 valence electrons. The number of nitrogens with one attached hydrogen (secondary N) is 1. The molecule has 0 aromatic rings. The smallest absolute Gasteiger partial charge is 0.227 e. The number of hydrogen-bond acceptors (Lipinski definition) is 2. The van der Waals surface area contributed by atoms with Crippen molar-refractivity contribution in [3.63, 3.8) is 0 Å². The summed E-state index contributed by atoms with van der Waals surface area (Å²) in [6.07, 6.45) is 9.93. The van der Waals surface area contributed by atoms with Crippen molar-refractivity contribution in [2.45, 2.75) is 32.1 Å². The van der Waals surface area contributed by atoms with Crippen molar-refractivity contribution in [3.8, 4) is 0 Å². The summed E-state index contributed by atoms with van der Waals surface area (Å²) in [4.78, 5) is 20.2. The molecule has 1 N–H and O–H groups in total. The number of amides is 2. The molecule has 14 heavy (non-hydrogen) atoms. The van der Waals surface area contributed by atoms with Gasteiger partial charge in [-0.2, -0.15) is 0 Å². The third-order valence-corrected chi connectivity index (χ3v) is 3.03. The molecule has 2 fully saturated rings. The van der Waals surface area contributed by atoms with E-state index in [0.29, 0.717) is 12.8 Å². The maximum absolute atomic E-state index is 10.1. The van der Waals surface area contributed by atoms with Gasteiger partial charge in [0.25, 0.3) is 0 Å². The second-order valence-electron chi connectivity index (χ2n) is 4.19. The number of allylic oxidation sites excluding steroid dienone is 2. The molecule has 1 aliphatic heterocycles. The zero-order valence-electron chi connectivity index (χ0n) is 8.16. The fraction of sp³-hybridized carbons (Fsp3) is 0.636. The lowest BCUT2D eigenvalue weighted by Gasteiger charge is -1.96. The molecular formula is C11H15NO2. The molecule has 0 radical (unpaired) electrons. The van der Waals surface area contributed by atoms with Gasteiger partial charge in [0.15, 0.2) is 0 Å². The number of rotatable bonds is 0. The minimum Gasteiger partial charge on any atom is -0.296 e. The number of imide groups is 1. The molecule has 3 rings (SSSR count). The third-order valence-electron chi connectivity index (χ3n) is 3.03. The summed E-state index contributed by atoms with van der Waals surface area (Å²) in [5.74, 6) is 1.69. The van der Waals surface area contributed by atoms with Gasteiger partial charge in [-0.15, -0.1) is 0 Å². The lowest BCUT2D eigenvalue weighted by atomic mass is 10.1. The van der Waals surface area contributed by atoms with Gasteiger partial charge in [0, 0.05) is 12.8 Å². The Morgan fingerprint density at radius 1 is 1.00 bits per heavy atom. The Bertz CT molecular complexity index is 257. The zero-order valence-corrected chi connectivity index (χ0v) is 8.16. The average Bonchev–Trinajstić information content (AvgIpc) is 2.84. The van der Waals surface area contributed by atoms with Crippen LogP contribution in [0, 0.1) is 11.8 Å². The van der Waals surface area contributed by atoms with Crippen LogP contribution >= 0.6 is 0 Å². The molecule has 0 spiro atoms. The van der Waals surface area contributed by atoms with Crippen molar-refractivity contribution in [2.75, 3.05) is 0 Å². The van der Waals surface area contributed by atoms with E-state index >= 15 is 0 Å². The van der Waals surface area contributed by atoms with Crippen LogP contribution in [0.5, 0.6) is 0 Å². The summed E-state index contributed by atoms with van der Waals surface area (Å²) in [5, 5.41) is 2.14. The zero-order chi connectivity index (χ0) is 9.97. The summed E-state index contributed by atoms with van der Waals surface area (Å²) in [6.45, 7) is 0. The van der Waals surface area contributed by atoms with Crippen LogP contribution in [-0.2, 0) is 9.59 Å². The first-order chi connectivity index (χ1) is 6.74. The first-order valence-corrected chi connectivity index (χ1v) is 5.25. The molecule has 3 nitrogen and oxygen atoms in total. The fourth-order valence-corrected chi connectivity index (χ4v) is 2.22. The Morgan fingerprint density at radius 3 is 1.64 bits per heavy atom. The van der Waals surface area contributed by atoms with Gasteiger partial charge in [-0.1, -0.05) is 12.2 Å². The number of fused-ring (bicyclic) bond motifs is 2. The molecule has 0 aromatic carbocycles. The minimum atomic E-state index is -0.148. The van der Waals surface area contributed by atoms with E-state index in [2.05, 4.69) is 17.5 Å². The lowest BCUT2D eigenvalue weighted by molar-refractivity contribution is -0.124. The SMILES string of the molecule is C1=CC2CCC1C2.O=C1CCC(=O)N1. The Hall–Kier alpha value is -1.12. The normalized spacial score (nSPS) is 32.9. The molecule has 1 saturated carbocycles. The molecule has 3 aliphatic rings. The summed E-state index contributed by atoms with van der Waals surface area (Å²) >= 11 is 0. The van der Waals surface area contributed by atoms with Gasteiger partial charge in [-0.3, -0.25) is 14.9 Å². The highest BCUT2D eigenvalue weighted by molar-refractivity contribution is 6.01. The van der Waals surface area contributed by atoms with Gasteiger partial charge < -0.3 is 0 Å². The molecule has 1 saturated heterocycles. The van der Waals surface area contributed by atoms with Crippen LogP contribution in [0.15, 0.2) is 12.2 Å². The standard InChI is InChI=1S/C7H10.C4H5NO2/c1-2-7-4-3-6(1)5-7;6-3-1-2-4(7)5-3/h1-2,6-7H,3-5H2;1-2H2,(H,5,6,7). The molecular weight excluding hydrogens is 178 g/mol. The summed E-state index contributed by atoms with van der Waals surface area (Å²) in [6, 6.07) is 0. The van der Waals surface area contributed by atoms with Gasteiger partial charge >= 0.3 is 0 Å². The van der Waals surface area contributed by atoms with Crippen LogP contribution in [-0.4, -0.2) is 11.8 Å². The molecule has 2 atom stereocenters. The predicted octanol–water partition coefficient (Wildman–Crippen LogP) is 1.40. The molecule has 1 heterocycles. The highest BCUT2D eigenvalue weighted by Crippen LogP contribution is 2.38. The van der Waals surface area contributed by atoms with Crippen molar-refractivity contribution < 1.29 is 9.59 Å². The summed E-state index contributed by atoms with van der Waals surface area (Å²) in [5.41, 5.74) is 0. The van der Waals surface area contributed by atoms with E-state index in [1.165, 1.54) is 19.3 Å². The van der Waals surface area contributed by atoms with E-state index in [1.807, 2.05) is 0 Å². The Kier molecular flexibility index (Phi) is 2.66. The molecule has 0 aromatic heterocycles. The topological polar surface area (TPSA) is 46.2 Å². The predicted molar refractivity (Wildman–Crippen MR) is 52.4 cm³/mol. The van der Waals surface area contributed by atoms with Crippen LogP contribution in [0.1, 0.15) is 32.1 Å². The molecule has 2 bridgehead atoms. The number of hydrogen-bond donors (Lipinski definition) is 1. The van der Waals surface area contributed by atoms with Crippen molar-refractivity contribution in [1.29, 1.82) is 0 Å². The van der Waals surface area contributed by atoms with Gasteiger partial charge in [0.2, 0.25) is 11.8 Å². The molecule has 2 aliphatic carbocycles. The first-order valence-electron chi connectivity index (χ1n) is 5.25. The second kappa shape index (κ2) is 3.95. The van der Waals surface area contributed by atoms with Gasteiger partial charge in [-0.05, 0) is 31.1 Å². The Labute approximate surface area is 83.6 Å². The maximum Gasteiger partial charge on any atom is 0.227 e. The highest BCUT2D eigenvalue weighted by atomic mass is 16.2. The van der Waals surface area contributed by atoms with Crippen LogP contribution < -0.4 is 5.32 Å². The maximum atomic E-state index is 10.1. The van der Waals surface area contributed by atoms with Crippen LogP contribution in [0.4, 0.5) is 0 Å². The van der Waals surface area contributed by atoms with Crippen molar-refractivity contribution >= 4 is 11.8 Å². The Morgan fingerprint density at radius 2 is 1.50 bits per heavy atom. The van der Waals surface area contributed by atoms with Gasteiger partial charge in [-0.25, -0.2) is 0 Å². The monoisotopic (exact) mass is 193 g/mol. The summed E-state index contributed by atoms with van der Waals surface area (Å²) < 4.78 is 0. The van der Waals surface area contributed by atoms with E-state index in [0.717, 1.165) is 11.8 Å². The number of carbonyl (C=O) groups is 2. The lowest BCUT2D eigenvalue weighted by Crippen LogP contribution is -2.18. The molecule has 3 heteroatoms. The molecule has 2 unspecified atom stereocenters. The summed E-state index contributed by atoms with van der Waals surface area (Å²) in [7, 11) is 0. The van der Waals surface area contributed by atoms with Crippen molar-refractivity contribution in [2.24, 2.45) is 11.8 Å². The average molecular weight is 193 g/mol. The van der Waals surface area contributed by atoms with Crippen molar-refractivity contribution in [3.05, 3.63) is 12.2 Å². The second-order valence-corrected chi connectivity index (χ2v) is 4.19. The number of carbonyl (C=O) groups excluding carboxylic acids is 2. The molecule has 2 amide bonds. The van der Waals surface area contributed by atoms with E-state index in [-0.39, 0.29) is 11.8 Å². The van der Waals surface area contributed by atoms with E-state index in [9.17, 15) is 9.59 Å². The Balaban J connectivity index is 0.000000107. The highest BCUT2D eigenvalue weighted by Gasteiger charge is 2.25. The van der Waals surface area contributed by atoms with Crippen LogP contribution in [0.2, 0.25) is 0 Å². The van der Waals surface area contributed by atoms with Crippen molar-refractivity contribution in [1.82, 2.24) is 5.32 Å². The van der Waals surface area contributed by atoms with E-state index < -0.39 is 0 Å². The van der Waals surface area contributed by atoms with E-state index in [1.54, 1.807) is 0 Å². The largest absolute Gasteiger partial charge is 0.296 e. The van der Waals surface area contributed by atoms with E-state index in [4.69, 9.17) is 0 Å². The van der Waals surface area contributed by atoms with Crippen LogP contribution in [0.3, 0.4) is 0 Å². The van der Waals surface area contributed by atoms with Gasteiger partial charge in [0.1, 0.15) is 0 Å². The van der Waals surface area contributed by atoms with Crippen LogP contribution in [0.25, 0.3) is 0 Å². The quantitative estimate of drug-likeness (QED) is 0.467. The van der Waals surface area contributed by atoms with Gasteiger partial charge in [0.05, 0.1) is 0 Å². The third kappa shape index (κ3) is 2.22. The minimum absolute atomic E-state index is 0.148. The fourth-order valence-electron chi connectivity index (χ4n) is 2.22.